The average Bonchev–Trinajstić information content (AvgIpc) is 2.29. The zero-order valence-corrected chi connectivity index (χ0v) is 8.00. The van der Waals surface area contributed by atoms with Gasteiger partial charge in [-0.1, -0.05) is 0 Å². The molecule has 0 aromatic carbocycles. The number of hydrogen-bond donors (Lipinski definition) is 1. The highest BCUT2D eigenvalue weighted by molar-refractivity contribution is 8.06. The molecule has 7 heteroatoms. The molecule has 0 saturated carbocycles. The Morgan fingerprint density at radius 1 is 1.62 bits per heavy atom. The smallest absolute Gasteiger partial charge is 0.296 e. The standard InChI is InChI=1S/C6H9N3O3S/c1-9-5(7)3-4(8-9)6(10)13(2,11)12/h3H,7H2,1-2H3. The Bertz CT molecular complexity index is 426. The summed E-state index contributed by atoms with van der Waals surface area (Å²) >= 11 is 0. The summed E-state index contributed by atoms with van der Waals surface area (Å²) in [5.41, 5.74) is 5.22. The number of aromatic nitrogens is 2. The molecule has 0 atom stereocenters. The van der Waals surface area contributed by atoms with Crippen molar-refractivity contribution < 1.29 is 13.2 Å². The minimum absolute atomic E-state index is 0.150. The normalized spacial score (nSPS) is 11.5. The second kappa shape index (κ2) is 2.84. The lowest BCUT2D eigenvalue weighted by molar-refractivity contribution is 0.107. The van der Waals surface area contributed by atoms with Gasteiger partial charge in [-0.25, -0.2) is 8.42 Å². The van der Waals surface area contributed by atoms with Gasteiger partial charge in [-0.2, -0.15) is 5.10 Å². The third-order valence-corrected chi connectivity index (χ3v) is 2.34. The highest BCUT2D eigenvalue weighted by Crippen LogP contribution is 2.07. The number of hydrogen-bond acceptors (Lipinski definition) is 5. The number of nitrogen functional groups attached to an aromatic ring is 1. The monoisotopic (exact) mass is 203 g/mol. The molecule has 0 fully saturated rings. The summed E-state index contributed by atoms with van der Waals surface area (Å²) in [7, 11) is -2.21. The van der Waals surface area contributed by atoms with Crippen LogP contribution < -0.4 is 5.73 Å². The van der Waals surface area contributed by atoms with Crippen molar-refractivity contribution in [3.05, 3.63) is 11.8 Å². The molecule has 0 radical (unpaired) electrons. The molecule has 0 saturated heterocycles. The molecule has 6 nitrogen and oxygen atoms in total. The van der Waals surface area contributed by atoms with Crippen molar-refractivity contribution >= 4 is 20.8 Å². The molecule has 1 heterocycles. The summed E-state index contributed by atoms with van der Waals surface area (Å²) < 4.78 is 22.9. The van der Waals surface area contributed by atoms with Gasteiger partial charge in [0.2, 0.25) is 9.84 Å². The Morgan fingerprint density at radius 2 is 2.15 bits per heavy atom. The fourth-order valence-electron chi connectivity index (χ4n) is 0.771. The number of carbonyl (C=O) groups excluding carboxylic acids is 1. The van der Waals surface area contributed by atoms with Crippen LogP contribution >= 0.6 is 0 Å². The van der Waals surface area contributed by atoms with Crippen molar-refractivity contribution in [2.45, 2.75) is 0 Å². The summed E-state index contributed by atoms with van der Waals surface area (Å²) in [4.78, 5) is 11.1. The van der Waals surface area contributed by atoms with Crippen LogP contribution in [0, 0.1) is 0 Å². The van der Waals surface area contributed by atoms with Crippen molar-refractivity contribution in [2.24, 2.45) is 7.05 Å². The molecule has 2 N–H and O–H groups in total. The third kappa shape index (κ3) is 1.86. The Hall–Kier alpha value is -1.37. The van der Waals surface area contributed by atoms with Gasteiger partial charge in [0.25, 0.3) is 5.12 Å². The van der Waals surface area contributed by atoms with E-state index < -0.39 is 15.0 Å². The summed E-state index contributed by atoms with van der Waals surface area (Å²) in [6.07, 6.45) is 0.834. The van der Waals surface area contributed by atoms with Crippen molar-refractivity contribution in [1.29, 1.82) is 0 Å². The van der Waals surface area contributed by atoms with Gasteiger partial charge in [0.15, 0.2) is 0 Å². The molecule has 0 amide bonds. The lowest BCUT2D eigenvalue weighted by Gasteiger charge is -1.91. The van der Waals surface area contributed by atoms with Gasteiger partial charge >= 0.3 is 0 Å². The van der Waals surface area contributed by atoms with Crippen LogP contribution in [-0.2, 0) is 16.9 Å². The first-order valence-electron chi connectivity index (χ1n) is 3.36. The number of nitrogens with zero attached hydrogens (tertiary/aromatic N) is 2. The van der Waals surface area contributed by atoms with E-state index >= 15 is 0 Å². The number of nitrogens with two attached hydrogens (primary N) is 1. The Morgan fingerprint density at radius 3 is 2.46 bits per heavy atom. The predicted octanol–water partition coefficient (Wildman–Crippen LogP) is -0.813. The first-order chi connectivity index (χ1) is 5.82. The molecule has 0 unspecified atom stereocenters. The van der Waals surface area contributed by atoms with E-state index in [0.29, 0.717) is 0 Å². The fraction of sp³-hybridized carbons (Fsp3) is 0.333. The molecule has 0 aliphatic heterocycles. The molecule has 13 heavy (non-hydrogen) atoms. The van der Waals surface area contributed by atoms with Crippen LogP contribution in [0.4, 0.5) is 5.82 Å². The number of anilines is 1. The zero-order chi connectivity index (χ0) is 10.2. The molecule has 0 aliphatic rings. The van der Waals surface area contributed by atoms with Crippen LogP contribution in [-0.4, -0.2) is 29.6 Å². The third-order valence-electron chi connectivity index (χ3n) is 1.46. The minimum atomic E-state index is -3.73. The van der Waals surface area contributed by atoms with E-state index in [1.165, 1.54) is 17.8 Å². The summed E-state index contributed by atoms with van der Waals surface area (Å²) in [5.74, 6) is 0.243. The van der Waals surface area contributed by atoms with E-state index in [1.807, 2.05) is 0 Å². The van der Waals surface area contributed by atoms with E-state index in [2.05, 4.69) is 5.10 Å². The van der Waals surface area contributed by atoms with Gasteiger partial charge in [0.1, 0.15) is 11.5 Å². The Kier molecular flexibility index (Phi) is 2.12. The summed E-state index contributed by atoms with van der Waals surface area (Å²) in [6.45, 7) is 0. The highest BCUT2D eigenvalue weighted by atomic mass is 32.2. The maximum absolute atomic E-state index is 11.1. The second-order valence-electron chi connectivity index (χ2n) is 2.64. The molecule has 72 valence electrons. The zero-order valence-electron chi connectivity index (χ0n) is 7.18. The van der Waals surface area contributed by atoms with Crippen molar-refractivity contribution in [3.63, 3.8) is 0 Å². The van der Waals surface area contributed by atoms with Crippen molar-refractivity contribution in [2.75, 3.05) is 12.0 Å². The highest BCUT2D eigenvalue weighted by Gasteiger charge is 2.21. The molecule has 1 aromatic heterocycles. The number of sulfone groups is 1. The van der Waals surface area contributed by atoms with E-state index in [0.717, 1.165) is 6.26 Å². The van der Waals surface area contributed by atoms with Crippen LogP contribution in [0.3, 0.4) is 0 Å². The molecular weight excluding hydrogens is 194 g/mol. The number of rotatable bonds is 1. The van der Waals surface area contributed by atoms with Crippen LogP contribution in [0.15, 0.2) is 6.07 Å². The fourth-order valence-corrected chi connectivity index (χ4v) is 1.25. The molecule has 1 rings (SSSR count). The van der Waals surface area contributed by atoms with E-state index in [9.17, 15) is 13.2 Å². The Labute approximate surface area is 75.3 Å². The van der Waals surface area contributed by atoms with Gasteiger partial charge in [0, 0.05) is 19.4 Å². The lowest BCUT2D eigenvalue weighted by Crippen LogP contribution is -2.13. The second-order valence-corrected chi connectivity index (χ2v) is 4.55. The van der Waals surface area contributed by atoms with E-state index in [-0.39, 0.29) is 11.5 Å². The van der Waals surface area contributed by atoms with Crippen LogP contribution in [0.2, 0.25) is 0 Å². The van der Waals surface area contributed by atoms with E-state index in [1.54, 1.807) is 0 Å². The van der Waals surface area contributed by atoms with Crippen LogP contribution in [0.1, 0.15) is 10.5 Å². The summed E-state index contributed by atoms with van der Waals surface area (Å²) in [5, 5.41) is 2.63. The van der Waals surface area contributed by atoms with Gasteiger partial charge in [0.05, 0.1) is 0 Å². The van der Waals surface area contributed by atoms with Gasteiger partial charge in [-0.05, 0) is 0 Å². The quantitative estimate of drug-likeness (QED) is 0.643. The SMILES string of the molecule is Cn1nc(C(=O)S(C)(=O)=O)cc1N. The first kappa shape index (κ1) is 9.72. The average molecular weight is 203 g/mol. The van der Waals surface area contributed by atoms with E-state index in [4.69, 9.17) is 5.73 Å². The first-order valence-corrected chi connectivity index (χ1v) is 5.25. The Balaban J connectivity index is 3.18. The lowest BCUT2D eigenvalue weighted by atomic mass is 10.5. The molecule has 0 bridgehead atoms. The predicted molar refractivity (Wildman–Crippen MR) is 46.8 cm³/mol. The molecular formula is C6H9N3O3S. The molecule has 1 aromatic rings. The van der Waals surface area contributed by atoms with Gasteiger partial charge < -0.3 is 5.73 Å². The number of aryl methyl sites for hydroxylation is 1. The molecule has 0 spiro atoms. The minimum Gasteiger partial charge on any atom is -0.384 e. The van der Waals surface area contributed by atoms with Gasteiger partial charge in [-0.15, -0.1) is 0 Å². The number of carbonyl (C=O) groups is 1. The van der Waals surface area contributed by atoms with Crippen LogP contribution in [0.5, 0.6) is 0 Å². The van der Waals surface area contributed by atoms with Gasteiger partial charge in [-0.3, -0.25) is 9.48 Å². The van der Waals surface area contributed by atoms with Crippen molar-refractivity contribution in [1.82, 2.24) is 9.78 Å². The maximum Gasteiger partial charge on any atom is 0.296 e. The maximum atomic E-state index is 11.1. The van der Waals surface area contributed by atoms with Crippen LogP contribution in [0.25, 0.3) is 0 Å². The van der Waals surface area contributed by atoms with Crippen molar-refractivity contribution in [3.8, 4) is 0 Å². The molecule has 0 aliphatic carbocycles. The summed E-state index contributed by atoms with van der Waals surface area (Å²) in [6, 6.07) is 1.23. The largest absolute Gasteiger partial charge is 0.384 e. The topological polar surface area (TPSA) is 95.0 Å².